The maximum Gasteiger partial charge on any atom is 0.323 e. The van der Waals surface area contributed by atoms with E-state index < -0.39 is 24.3 Å². The van der Waals surface area contributed by atoms with Crippen molar-refractivity contribution in [3.63, 3.8) is 0 Å². The van der Waals surface area contributed by atoms with Gasteiger partial charge in [-0.1, -0.05) is 0 Å². The summed E-state index contributed by atoms with van der Waals surface area (Å²) in [7, 11) is 0. The zero-order valence-electron chi connectivity index (χ0n) is 12.7. The van der Waals surface area contributed by atoms with Crippen molar-refractivity contribution in [3.05, 3.63) is 47.5 Å². The largest absolute Gasteiger partial charge is 0.480 e. The summed E-state index contributed by atoms with van der Waals surface area (Å²) >= 11 is 0. The van der Waals surface area contributed by atoms with Gasteiger partial charge < -0.3 is 19.3 Å². The molecule has 2 aromatic rings. The van der Waals surface area contributed by atoms with Crippen LogP contribution in [-0.4, -0.2) is 41.1 Å². The monoisotopic (exact) mass is 341 g/mol. The first-order valence-corrected chi connectivity index (χ1v) is 7.32. The highest BCUT2D eigenvalue weighted by atomic mass is 16.7. The average Bonchev–Trinajstić information content (AvgIpc) is 3.13. The Balaban J connectivity index is 1.60. The molecule has 2 aliphatic rings. The lowest BCUT2D eigenvalue weighted by Crippen LogP contribution is -2.34. The smallest absolute Gasteiger partial charge is 0.323 e. The Hall–Kier alpha value is -3.55. The highest BCUT2D eigenvalue weighted by molar-refractivity contribution is 6.22. The molecule has 0 aromatic heterocycles. The number of imide groups is 1. The number of benzene rings is 2. The summed E-state index contributed by atoms with van der Waals surface area (Å²) in [6, 6.07) is 9.44. The number of amides is 2. The molecule has 2 aliphatic heterocycles. The van der Waals surface area contributed by atoms with E-state index in [0.29, 0.717) is 27.9 Å². The Labute approximate surface area is 141 Å². The minimum atomic E-state index is -1.26. The van der Waals surface area contributed by atoms with Gasteiger partial charge in [0.25, 0.3) is 11.8 Å². The minimum Gasteiger partial charge on any atom is -0.480 e. The molecule has 0 bridgehead atoms. The average molecular weight is 341 g/mol. The summed E-state index contributed by atoms with van der Waals surface area (Å²) in [5, 5.41) is 8.82. The molecule has 8 nitrogen and oxygen atoms in total. The van der Waals surface area contributed by atoms with Gasteiger partial charge in [-0.15, -0.1) is 0 Å². The molecule has 0 saturated heterocycles. The molecule has 25 heavy (non-hydrogen) atoms. The van der Waals surface area contributed by atoms with Crippen molar-refractivity contribution in [3.8, 4) is 23.0 Å². The third-order valence-electron chi connectivity index (χ3n) is 3.82. The van der Waals surface area contributed by atoms with Crippen LogP contribution in [0, 0.1) is 0 Å². The maximum atomic E-state index is 12.3. The number of carboxylic acids is 1. The Morgan fingerprint density at radius 2 is 1.68 bits per heavy atom. The zero-order valence-corrected chi connectivity index (χ0v) is 12.7. The number of nitrogens with zero attached hydrogens (tertiary/aromatic N) is 1. The number of aliphatic carboxylic acids is 1. The van der Waals surface area contributed by atoms with Crippen molar-refractivity contribution in [2.24, 2.45) is 0 Å². The molecule has 2 aromatic carbocycles. The van der Waals surface area contributed by atoms with Crippen molar-refractivity contribution in [2.45, 2.75) is 0 Å². The number of rotatable bonds is 4. The number of hydrogen-bond donors (Lipinski definition) is 1. The van der Waals surface area contributed by atoms with E-state index in [1.807, 2.05) is 0 Å². The molecule has 0 unspecified atom stereocenters. The van der Waals surface area contributed by atoms with Crippen molar-refractivity contribution < 1.29 is 33.7 Å². The number of carbonyl (C=O) groups is 3. The molecule has 2 amide bonds. The molecule has 4 rings (SSSR count). The second-order valence-electron chi connectivity index (χ2n) is 5.41. The first-order chi connectivity index (χ1) is 12.0. The van der Waals surface area contributed by atoms with Gasteiger partial charge in [-0.3, -0.25) is 19.3 Å². The lowest BCUT2D eigenvalue weighted by Gasteiger charge is -2.09. The first kappa shape index (κ1) is 15.0. The highest BCUT2D eigenvalue weighted by Crippen LogP contribution is 2.37. The summed E-state index contributed by atoms with van der Waals surface area (Å²) < 4.78 is 16.2. The minimum absolute atomic E-state index is 0.115. The van der Waals surface area contributed by atoms with Crippen LogP contribution in [0.15, 0.2) is 36.4 Å². The fraction of sp³-hybridized carbons (Fsp3) is 0.118. The lowest BCUT2D eigenvalue weighted by atomic mass is 10.1. The highest BCUT2D eigenvalue weighted by Gasteiger charge is 2.37. The van der Waals surface area contributed by atoms with Gasteiger partial charge in [0.1, 0.15) is 18.0 Å². The van der Waals surface area contributed by atoms with Crippen LogP contribution in [0.3, 0.4) is 0 Å². The molecule has 0 radical (unpaired) electrons. The van der Waals surface area contributed by atoms with E-state index in [0.717, 1.165) is 0 Å². The van der Waals surface area contributed by atoms with Gasteiger partial charge in [-0.05, 0) is 30.3 Å². The molecular formula is C17H11NO7. The molecule has 1 N–H and O–H groups in total. The number of ether oxygens (including phenoxy) is 3. The van der Waals surface area contributed by atoms with E-state index in [9.17, 15) is 14.4 Å². The molecule has 0 saturated carbocycles. The number of carboxylic acid groups (broad SMARTS) is 1. The van der Waals surface area contributed by atoms with Gasteiger partial charge in [-0.25, -0.2) is 0 Å². The quantitative estimate of drug-likeness (QED) is 0.847. The van der Waals surface area contributed by atoms with Gasteiger partial charge in [0.15, 0.2) is 11.5 Å². The molecular weight excluding hydrogens is 330 g/mol. The summed E-state index contributed by atoms with van der Waals surface area (Å²) in [5.74, 6) is -0.551. The summed E-state index contributed by atoms with van der Waals surface area (Å²) in [4.78, 5) is 35.9. The molecule has 0 fully saturated rings. The standard InChI is InChI=1S/C17H11NO7/c19-15(20)7-18-16(21)11-3-1-9(5-12(11)17(18)22)25-10-2-4-13-14(6-10)24-8-23-13/h1-6H,7-8H2,(H,19,20). The van der Waals surface area contributed by atoms with E-state index in [2.05, 4.69) is 0 Å². The van der Waals surface area contributed by atoms with Gasteiger partial charge in [0, 0.05) is 6.07 Å². The van der Waals surface area contributed by atoms with Crippen molar-refractivity contribution in [1.29, 1.82) is 0 Å². The molecule has 126 valence electrons. The van der Waals surface area contributed by atoms with Gasteiger partial charge in [0.05, 0.1) is 11.1 Å². The molecule has 0 aliphatic carbocycles. The van der Waals surface area contributed by atoms with Crippen LogP contribution in [0.25, 0.3) is 0 Å². The first-order valence-electron chi connectivity index (χ1n) is 7.32. The Bertz CT molecular complexity index is 921. The SMILES string of the molecule is O=C(O)CN1C(=O)c2ccc(Oc3ccc4c(c3)OCO4)cc2C1=O. The van der Waals surface area contributed by atoms with Gasteiger partial charge in [0.2, 0.25) is 6.79 Å². The third-order valence-corrected chi connectivity index (χ3v) is 3.82. The Morgan fingerprint density at radius 3 is 2.48 bits per heavy atom. The van der Waals surface area contributed by atoms with Crippen LogP contribution < -0.4 is 14.2 Å². The van der Waals surface area contributed by atoms with E-state index in [4.69, 9.17) is 19.3 Å². The predicted molar refractivity (Wildman–Crippen MR) is 82.1 cm³/mol. The number of carbonyl (C=O) groups excluding carboxylic acids is 2. The van der Waals surface area contributed by atoms with Gasteiger partial charge in [-0.2, -0.15) is 0 Å². The number of fused-ring (bicyclic) bond motifs is 2. The normalized spacial score (nSPS) is 14.6. The number of hydrogen-bond acceptors (Lipinski definition) is 6. The topological polar surface area (TPSA) is 102 Å². The van der Waals surface area contributed by atoms with Crippen molar-refractivity contribution in [1.82, 2.24) is 4.90 Å². The lowest BCUT2D eigenvalue weighted by molar-refractivity contribution is -0.137. The van der Waals surface area contributed by atoms with Crippen LogP contribution in [0.1, 0.15) is 20.7 Å². The Morgan fingerprint density at radius 1 is 1.00 bits per heavy atom. The summed E-state index contributed by atoms with van der Waals surface area (Å²) in [6.45, 7) is -0.529. The second-order valence-corrected chi connectivity index (χ2v) is 5.41. The fourth-order valence-electron chi connectivity index (χ4n) is 2.69. The molecule has 0 atom stereocenters. The van der Waals surface area contributed by atoms with Crippen LogP contribution in [-0.2, 0) is 4.79 Å². The predicted octanol–water partition coefficient (Wildman–Crippen LogP) is 1.89. The van der Waals surface area contributed by atoms with Crippen LogP contribution in [0.5, 0.6) is 23.0 Å². The maximum absolute atomic E-state index is 12.3. The summed E-state index contributed by atoms with van der Waals surface area (Å²) in [6.07, 6.45) is 0. The summed E-state index contributed by atoms with van der Waals surface area (Å²) in [5.41, 5.74) is 0.272. The van der Waals surface area contributed by atoms with Crippen LogP contribution in [0.4, 0.5) is 0 Å². The second kappa shape index (κ2) is 5.52. The van der Waals surface area contributed by atoms with Gasteiger partial charge >= 0.3 is 5.97 Å². The van der Waals surface area contributed by atoms with Crippen molar-refractivity contribution in [2.75, 3.05) is 13.3 Å². The fourth-order valence-corrected chi connectivity index (χ4v) is 2.69. The van der Waals surface area contributed by atoms with Crippen molar-refractivity contribution >= 4 is 17.8 Å². The molecule has 8 heteroatoms. The van der Waals surface area contributed by atoms with Crippen LogP contribution >= 0.6 is 0 Å². The van der Waals surface area contributed by atoms with Crippen LogP contribution in [0.2, 0.25) is 0 Å². The van der Waals surface area contributed by atoms with E-state index in [-0.39, 0.29) is 17.9 Å². The zero-order chi connectivity index (χ0) is 17.6. The van der Waals surface area contributed by atoms with E-state index >= 15 is 0 Å². The molecule has 0 spiro atoms. The Kier molecular flexibility index (Phi) is 3.31. The third kappa shape index (κ3) is 2.53. The van der Waals surface area contributed by atoms with E-state index in [1.165, 1.54) is 12.1 Å². The van der Waals surface area contributed by atoms with E-state index in [1.54, 1.807) is 24.3 Å². The molecule has 2 heterocycles.